The van der Waals surface area contributed by atoms with Crippen LogP contribution < -0.4 is 10.6 Å². The quantitative estimate of drug-likeness (QED) is 0.618. The number of aliphatic hydroxyl groups is 1. The first-order valence-electron chi connectivity index (χ1n) is 8.12. The molecule has 0 aliphatic heterocycles. The first-order valence-corrected chi connectivity index (χ1v) is 8.12. The van der Waals surface area contributed by atoms with Crippen LogP contribution in [0.15, 0.2) is 54.9 Å². The van der Waals surface area contributed by atoms with Crippen molar-refractivity contribution in [1.82, 2.24) is 9.97 Å². The van der Waals surface area contributed by atoms with Crippen LogP contribution in [0.25, 0.3) is 10.9 Å². The summed E-state index contributed by atoms with van der Waals surface area (Å²) < 4.78 is 0. The number of benzene rings is 2. The van der Waals surface area contributed by atoms with E-state index in [0.717, 1.165) is 16.5 Å². The lowest BCUT2D eigenvalue weighted by Gasteiger charge is -2.18. The van der Waals surface area contributed by atoms with Gasteiger partial charge in [0.15, 0.2) is 0 Å². The molecule has 1 aromatic heterocycles. The van der Waals surface area contributed by atoms with E-state index in [4.69, 9.17) is 0 Å². The van der Waals surface area contributed by atoms with E-state index >= 15 is 0 Å². The summed E-state index contributed by atoms with van der Waals surface area (Å²) >= 11 is 0. The lowest BCUT2D eigenvalue weighted by atomic mass is 10.1. The van der Waals surface area contributed by atoms with Crippen molar-refractivity contribution < 1.29 is 9.90 Å². The Morgan fingerprint density at radius 3 is 2.73 bits per heavy atom. The lowest BCUT2D eigenvalue weighted by Crippen LogP contribution is -2.16. The fourth-order valence-corrected chi connectivity index (χ4v) is 2.61. The second-order valence-electron chi connectivity index (χ2n) is 5.57. The highest BCUT2D eigenvalue weighted by molar-refractivity contribution is 6.05. The van der Waals surface area contributed by atoms with Gasteiger partial charge in [-0.25, -0.2) is 9.97 Å². The molecule has 26 heavy (non-hydrogen) atoms. The number of hydrogen-bond acceptors (Lipinski definition) is 5. The minimum Gasteiger partial charge on any atom is -0.394 e. The second kappa shape index (κ2) is 8.10. The van der Waals surface area contributed by atoms with Crippen molar-refractivity contribution >= 4 is 28.3 Å². The molecule has 6 nitrogen and oxygen atoms in total. The van der Waals surface area contributed by atoms with Gasteiger partial charge in [0, 0.05) is 11.1 Å². The molecule has 1 heterocycles. The molecule has 0 fully saturated rings. The predicted molar refractivity (Wildman–Crippen MR) is 102 cm³/mol. The highest BCUT2D eigenvalue weighted by Gasteiger charge is 2.13. The van der Waals surface area contributed by atoms with Crippen LogP contribution in [0.3, 0.4) is 0 Å². The number of aliphatic hydroxyl groups excluding tert-OH is 1. The van der Waals surface area contributed by atoms with Gasteiger partial charge in [0.25, 0.3) is 5.91 Å². The Bertz CT molecular complexity index is 977. The smallest absolute Gasteiger partial charge is 0.300 e. The van der Waals surface area contributed by atoms with Gasteiger partial charge >= 0.3 is 0 Å². The topological polar surface area (TPSA) is 87.1 Å². The van der Waals surface area contributed by atoms with Crippen molar-refractivity contribution in [2.45, 2.75) is 13.0 Å². The van der Waals surface area contributed by atoms with E-state index in [1.54, 1.807) is 25.1 Å². The number of rotatable bonds is 5. The number of nitrogens with one attached hydrogen (secondary N) is 2. The molecule has 0 aliphatic rings. The van der Waals surface area contributed by atoms with Crippen LogP contribution in [0.2, 0.25) is 0 Å². The number of carbonyl (C=O) groups is 1. The second-order valence-corrected chi connectivity index (χ2v) is 5.57. The number of nitrogens with zero attached hydrogens (tertiary/aromatic N) is 2. The third-order valence-electron chi connectivity index (χ3n) is 3.83. The Kier molecular flexibility index (Phi) is 5.42. The molecule has 6 heteroatoms. The van der Waals surface area contributed by atoms with Crippen molar-refractivity contribution in [3.8, 4) is 11.8 Å². The van der Waals surface area contributed by atoms with Gasteiger partial charge in [0.2, 0.25) is 0 Å². The maximum Gasteiger partial charge on any atom is 0.300 e. The Morgan fingerprint density at radius 1 is 1.19 bits per heavy atom. The average Bonchev–Trinajstić information content (AvgIpc) is 2.67. The molecule has 3 aromatic rings. The summed E-state index contributed by atoms with van der Waals surface area (Å²) in [6.45, 7) is 1.52. The minimum absolute atomic E-state index is 0.0853. The summed E-state index contributed by atoms with van der Waals surface area (Å²) in [7, 11) is 0. The number of carbonyl (C=O) groups excluding carboxylic acids is 1. The molecular weight excluding hydrogens is 328 g/mol. The van der Waals surface area contributed by atoms with Crippen LogP contribution in [0, 0.1) is 11.8 Å². The van der Waals surface area contributed by atoms with Gasteiger partial charge in [-0.15, -0.1) is 0 Å². The molecule has 0 unspecified atom stereocenters. The number of hydrogen-bond donors (Lipinski definition) is 3. The van der Waals surface area contributed by atoms with Gasteiger partial charge in [0.05, 0.1) is 18.2 Å². The molecule has 0 saturated heterocycles. The normalized spacial score (nSPS) is 11.3. The first kappa shape index (κ1) is 17.4. The molecule has 0 radical (unpaired) electrons. The van der Waals surface area contributed by atoms with Crippen LogP contribution >= 0.6 is 0 Å². The maximum atomic E-state index is 11.7. The molecule has 0 aliphatic carbocycles. The fourth-order valence-electron chi connectivity index (χ4n) is 2.61. The molecule has 2 aromatic carbocycles. The molecule has 3 rings (SSSR count). The zero-order valence-electron chi connectivity index (χ0n) is 14.2. The van der Waals surface area contributed by atoms with Gasteiger partial charge in [-0.2, -0.15) is 0 Å². The van der Waals surface area contributed by atoms with E-state index in [9.17, 15) is 9.90 Å². The van der Waals surface area contributed by atoms with E-state index in [0.29, 0.717) is 11.5 Å². The third kappa shape index (κ3) is 3.97. The van der Waals surface area contributed by atoms with Gasteiger partial charge in [-0.05, 0) is 36.6 Å². The first-order chi connectivity index (χ1) is 12.7. The molecule has 0 saturated carbocycles. The van der Waals surface area contributed by atoms with E-state index in [-0.39, 0.29) is 18.6 Å². The fraction of sp³-hybridized carbons (Fsp3) is 0.150. The Labute approximate surface area is 151 Å². The van der Waals surface area contributed by atoms with E-state index in [1.807, 2.05) is 30.3 Å². The maximum absolute atomic E-state index is 11.7. The molecule has 0 bridgehead atoms. The number of anilines is 2. The zero-order valence-corrected chi connectivity index (χ0v) is 14.2. The van der Waals surface area contributed by atoms with E-state index in [1.165, 1.54) is 6.33 Å². The zero-order chi connectivity index (χ0) is 18.4. The van der Waals surface area contributed by atoms with Gasteiger partial charge in [0.1, 0.15) is 12.1 Å². The van der Waals surface area contributed by atoms with Crippen molar-refractivity contribution in [2.75, 3.05) is 17.2 Å². The van der Waals surface area contributed by atoms with Crippen LogP contribution in [0.5, 0.6) is 0 Å². The molecule has 0 spiro atoms. The Morgan fingerprint density at radius 2 is 2.00 bits per heavy atom. The van der Waals surface area contributed by atoms with Gasteiger partial charge in [-0.1, -0.05) is 36.3 Å². The van der Waals surface area contributed by atoms with Crippen molar-refractivity contribution in [1.29, 1.82) is 0 Å². The molecule has 1 amide bonds. The monoisotopic (exact) mass is 346 g/mol. The highest BCUT2D eigenvalue weighted by Crippen LogP contribution is 2.26. The highest BCUT2D eigenvalue weighted by atomic mass is 16.3. The van der Waals surface area contributed by atoms with Crippen LogP contribution in [-0.2, 0) is 4.79 Å². The summed E-state index contributed by atoms with van der Waals surface area (Å²) in [4.78, 5) is 20.2. The third-order valence-corrected chi connectivity index (χ3v) is 3.83. The average molecular weight is 346 g/mol. The summed E-state index contributed by atoms with van der Waals surface area (Å²) in [6, 6.07) is 14.7. The number of aromatic nitrogens is 2. The van der Waals surface area contributed by atoms with Crippen LogP contribution in [-0.4, -0.2) is 27.6 Å². The van der Waals surface area contributed by atoms with Crippen molar-refractivity contribution in [3.05, 3.63) is 60.4 Å². The Balaban J connectivity index is 1.94. The minimum atomic E-state index is -0.379. The Hall–Kier alpha value is -3.43. The van der Waals surface area contributed by atoms with Crippen molar-refractivity contribution in [2.24, 2.45) is 0 Å². The largest absolute Gasteiger partial charge is 0.394 e. The van der Waals surface area contributed by atoms with Crippen LogP contribution in [0.1, 0.15) is 18.5 Å². The van der Waals surface area contributed by atoms with Gasteiger partial charge < -0.3 is 15.7 Å². The van der Waals surface area contributed by atoms with Gasteiger partial charge in [-0.3, -0.25) is 4.79 Å². The summed E-state index contributed by atoms with van der Waals surface area (Å²) in [5.74, 6) is 5.20. The molecule has 130 valence electrons. The number of amides is 1. The van der Waals surface area contributed by atoms with E-state index < -0.39 is 0 Å². The van der Waals surface area contributed by atoms with Crippen molar-refractivity contribution in [3.63, 3.8) is 0 Å². The number of fused-ring (bicyclic) bond motifs is 1. The summed E-state index contributed by atoms with van der Waals surface area (Å²) in [6.07, 6.45) is 1.46. The molecular formula is C20H18N4O2. The standard InChI is InChI=1S/C20H18N4O2/c1-2-6-19(26)23-15-9-10-17-16(11-15)20(22-13-21-17)24-18(12-25)14-7-4-3-5-8-14/h3-5,7-11,13,18,25H,12H2,1H3,(H,23,26)(H,21,22,24)/t18-/m1/s1. The predicted octanol–water partition coefficient (Wildman–Crippen LogP) is 2.74. The SMILES string of the molecule is CC#CC(=O)Nc1ccc2ncnc(N[C@H](CO)c3ccccc3)c2c1. The lowest BCUT2D eigenvalue weighted by molar-refractivity contribution is -0.111. The molecule has 3 N–H and O–H groups in total. The van der Waals surface area contributed by atoms with Crippen LogP contribution in [0.4, 0.5) is 11.5 Å². The molecule has 1 atom stereocenters. The van der Waals surface area contributed by atoms with E-state index in [2.05, 4.69) is 32.4 Å². The summed E-state index contributed by atoms with van der Waals surface area (Å²) in [5, 5.41) is 16.5. The summed E-state index contributed by atoms with van der Waals surface area (Å²) in [5.41, 5.74) is 2.28.